The molecule has 6 heteroatoms. The zero-order chi connectivity index (χ0) is 19.1. The molecule has 0 radical (unpaired) electrons. The zero-order valence-electron chi connectivity index (χ0n) is 14.9. The third kappa shape index (κ3) is 3.14. The molecule has 4 rings (SSSR count). The predicted molar refractivity (Wildman–Crippen MR) is 96.4 cm³/mol. The molecule has 0 amide bonds. The number of Topliss-reactive ketones (excluding diaryl/α,β-unsaturated/α-hetero) is 2. The lowest BCUT2D eigenvalue weighted by Crippen LogP contribution is -2.40. The minimum Gasteiger partial charge on any atom is -0.504 e. The summed E-state index contributed by atoms with van der Waals surface area (Å²) >= 11 is 0. The summed E-state index contributed by atoms with van der Waals surface area (Å²) in [7, 11) is 0. The molecular formula is C21H22O6. The molecule has 0 spiro atoms. The molecule has 27 heavy (non-hydrogen) atoms. The van der Waals surface area contributed by atoms with E-state index in [1.54, 1.807) is 6.08 Å². The van der Waals surface area contributed by atoms with Crippen molar-refractivity contribution in [1.29, 1.82) is 0 Å². The number of phenols is 3. The van der Waals surface area contributed by atoms with Crippen LogP contribution >= 0.6 is 0 Å². The Bertz CT molecular complexity index is 836. The first-order chi connectivity index (χ1) is 13.0. The topological polar surface area (TPSA) is 104 Å². The van der Waals surface area contributed by atoms with Gasteiger partial charge < -0.3 is 20.1 Å². The number of phenolic OH excluding ortho intramolecular Hbond substituents is 3. The molecule has 0 bridgehead atoms. The standard InChI is InChI=1S/C21H22O6/c22-15-8-13(9-16(23)19(15)25)21-20(26)18(24)14-7-6-12(10-17(14)27-21)11-4-2-1-3-5-11/h6-9,11,17,21-23,25H,1-5,10H2. The van der Waals surface area contributed by atoms with Crippen LogP contribution in [0.5, 0.6) is 17.2 Å². The number of rotatable bonds is 2. The molecule has 0 aromatic heterocycles. The Morgan fingerprint density at radius 3 is 2.26 bits per heavy atom. The van der Waals surface area contributed by atoms with Crippen molar-refractivity contribution in [3.8, 4) is 17.2 Å². The van der Waals surface area contributed by atoms with Crippen LogP contribution in [-0.4, -0.2) is 33.0 Å². The van der Waals surface area contributed by atoms with Gasteiger partial charge in [-0.05, 0) is 42.9 Å². The van der Waals surface area contributed by atoms with Crippen LogP contribution < -0.4 is 0 Å². The number of benzene rings is 1. The average molecular weight is 370 g/mol. The van der Waals surface area contributed by atoms with Crippen molar-refractivity contribution >= 4 is 11.6 Å². The molecule has 6 nitrogen and oxygen atoms in total. The fraction of sp³-hybridized carbons (Fsp3) is 0.429. The average Bonchev–Trinajstić information content (AvgIpc) is 2.68. The highest BCUT2D eigenvalue weighted by atomic mass is 16.5. The number of aromatic hydroxyl groups is 3. The lowest BCUT2D eigenvalue weighted by atomic mass is 9.77. The van der Waals surface area contributed by atoms with E-state index in [4.69, 9.17) is 4.74 Å². The van der Waals surface area contributed by atoms with Crippen molar-refractivity contribution in [1.82, 2.24) is 0 Å². The van der Waals surface area contributed by atoms with E-state index >= 15 is 0 Å². The zero-order valence-corrected chi connectivity index (χ0v) is 14.9. The smallest absolute Gasteiger partial charge is 0.236 e. The van der Waals surface area contributed by atoms with Gasteiger partial charge in [-0.3, -0.25) is 9.59 Å². The Morgan fingerprint density at radius 2 is 1.59 bits per heavy atom. The second kappa shape index (κ2) is 6.85. The Labute approximate surface area is 156 Å². The van der Waals surface area contributed by atoms with E-state index in [0.29, 0.717) is 17.9 Å². The number of ketones is 2. The monoisotopic (exact) mass is 370 g/mol. The Kier molecular flexibility index (Phi) is 4.52. The van der Waals surface area contributed by atoms with Crippen LogP contribution in [0.1, 0.15) is 50.2 Å². The summed E-state index contributed by atoms with van der Waals surface area (Å²) in [5.41, 5.74) is 1.76. The summed E-state index contributed by atoms with van der Waals surface area (Å²) in [4.78, 5) is 25.1. The molecule has 142 valence electrons. The van der Waals surface area contributed by atoms with Crippen molar-refractivity contribution in [2.45, 2.75) is 50.7 Å². The van der Waals surface area contributed by atoms with Crippen LogP contribution in [0, 0.1) is 5.92 Å². The fourth-order valence-electron chi connectivity index (χ4n) is 4.31. The number of carbonyl (C=O) groups is 2. The summed E-state index contributed by atoms with van der Waals surface area (Å²) in [5.74, 6) is -2.65. The van der Waals surface area contributed by atoms with Crippen LogP contribution in [-0.2, 0) is 14.3 Å². The number of allylic oxidation sites excluding steroid dienone is 2. The van der Waals surface area contributed by atoms with Crippen LogP contribution in [0.3, 0.4) is 0 Å². The first-order valence-electron chi connectivity index (χ1n) is 9.35. The van der Waals surface area contributed by atoms with Crippen molar-refractivity contribution in [2.75, 3.05) is 0 Å². The lowest BCUT2D eigenvalue weighted by molar-refractivity contribution is -0.150. The van der Waals surface area contributed by atoms with E-state index in [0.717, 1.165) is 25.0 Å². The van der Waals surface area contributed by atoms with Crippen molar-refractivity contribution in [2.24, 2.45) is 5.92 Å². The largest absolute Gasteiger partial charge is 0.504 e. The molecular weight excluding hydrogens is 348 g/mol. The summed E-state index contributed by atoms with van der Waals surface area (Å²) in [6, 6.07) is 2.28. The highest BCUT2D eigenvalue weighted by Gasteiger charge is 2.42. The normalized spacial score (nSPS) is 26.4. The quantitative estimate of drug-likeness (QED) is 0.545. The molecule has 2 aliphatic carbocycles. The van der Waals surface area contributed by atoms with Gasteiger partial charge in [-0.25, -0.2) is 0 Å². The number of carbonyl (C=O) groups excluding carboxylic acids is 2. The lowest BCUT2D eigenvalue weighted by Gasteiger charge is -2.35. The van der Waals surface area contributed by atoms with Gasteiger partial charge in [0.05, 0.1) is 6.10 Å². The third-order valence-electron chi connectivity index (χ3n) is 5.79. The maximum absolute atomic E-state index is 12.6. The summed E-state index contributed by atoms with van der Waals surface area (Å²) < 4.78 is 5.95. The van der Waals surface area contributed by atoms with Crippen molar-refractivity contribution < 1.29 is 29.6 Å². The minimum atomic E-state index is -1.21. The minimum absolute atomic E-state index is 0.147. The second-order valence-electron chi connectivity index (χ2n) is 7.51. The van der Waals surface area contributed by atoms with Crippen LogP contribution in [0.15, 0.2) is 35.4 Å². The molecule has 3 N–H and O–H groups in total. The molecule has 3 aliphatic rings. The van der Waals surface area contributed by atoms with Gasteiger partial charge in [0.15, 0.2) is 17.2 Å². The number of hydrogen-bond acceptors (Lipinski definition) is 6. The van der Waals surface area contributed by atoms with Gasteiger partial charge in [0.25, 0.3) is 0 Å². The molecule has 2 atom stereocenters. The highest BCUT2D eigenvalue weighted by molar-refractivity contribution is 6.45. The van der Waals surface area contributed by atoms with Crippen LogP contribution in [0.25, 0.3) is 0 Å². The van der Waals surface area contributed by atoms with Crippen molar-refractivity contribution in [3.63, 3.8) is 0 Å². The first kappa shape index (κ1) is 17.8. The number of hydrogen-bond donors (Lipinski definition) is 3. The van der Waals surface area contributed by atoms with Gasteiger partial charge in [0.2, 0.25) is 11.6 Å². The molecule has 1 heterocycles. The van der Waals surface area contributed by atoms with E-state index in [9.17, 15) is 24.9 Å². The Balaban J connectivity index is 1.62. The van der Waals surface area contributed by atoms with E-state index in [1.807, 2.05) is 6.08 Å². The molecule has 1 aliphatic heterocycles. The second-order valence-corrected chi connectivity index (χ2v) is 7.51. The summed E-state index contributed by atoms with van der Waals surface area (Å²) in [6.07, 6.45) is 8.47. The molecule has 1 aromatic carbocycles. The van der Waals surface area contributed by atoms with Gasteiger partial charge in [0, 0.05) is 5.57 Å². The molecule has 2 unspecified atom stereocenters. The van der Waals surface area contributed by atoms with Crippen LogP contribution in [0.2, 0.25) is 0 Å². The number of ether oxygens (including phenoxy) is 1. The summed E-state index contributed by atoms with van der Waals surface area (Å²) in [5, 5.41) is 29.0. The van der Waals surface area contributed by atoms with Gasteiger partial charge in [-0.15, -0.1) is 0 Å². The Hall–Kier alpha value is -2.60. The molecule has 2 fully saturated rings. The SMILES string of the molecule is O=C1C(=O)C(c2cc(O)c(O)c(O)c2)OC2CC(C3CCCCC3)=CC=C12. The first-order valence-corrected chi connectivity index (χ1v) is 9.35. The maximum atomic E-state index is 12.6. The van der Waals surface area contributed by atoms with Gasteiger partial charge in [-0.2, -0.15) is 0 Å². The molecule has 1 saturated heterocycles. The molecule has 1 saturated carbocycles. The van der Waals surface area contributed by atoms with Crippen molar-refractivity contribution in [3.05, 3.63) is 41.0 Å². The van der Waals surface area contributed by atoms with Crippen LogP contribution in [0.4, 0.5) is 0 Å². The third-order valence-corrected chi connectivity index (χ3v) is 5.79. The Morgan fingerprint density at radius 1 is 0.926 bits per heavy atom. The van der Waals surface area contributed by atoms with E-state index in [-0.39, 0.29) is 5.56 Å². The van der Waals surface area contributed by atoms with Gasteiger partial charge >= 0.3 is 0 Å². The van der Waals surface area contributed by atoms with E-state index < -0.39 is 41.0 Å². The highest BCUT2D eigenvalue weighted by Crippen LogP contribution is 2.43. The fourth-order valence-corrected chi connectivity index (χ4v) is 4.31. The maximum Gasteiger partial charge on any atom is 0.236 e. The van der Waals surface area contributed by atoms with E-state index in [1.165, 1.54) is 24.8 Å². The summed E-state index contributed by atoms with van der Waals surface area (Å²) in [6.45, 7) is 0. The number of fused-ring (bicyclic) bond motifs is 1. The molecule has 1 aromatic rings. The van der Waals surface area contributed by atoms with E-state index in [2.05, 4.69) is 0 Å². The van der Waals surface area contributed by atoms with Gasteiger partial charge in [0.1, 0.15) is 6.10 Å². The van der Waals surface area contributed by atoms with Gasteiger partial charge in [-0.1, -0.05) is 37.0 Å². The predicted octanol–water partition coefficient (Wildman–Crippen LogP) is 3.22.